The second-order valence-corrected chi connectivity index (χ2v) is 4.69. The van der Waals surface area contributed by atoms with Crippen LogP contribution in [0.5, 0.6) is 0 Å². The number of benzene rings is 2. The molecule has 2 rings (SSSR count). The minimum atomic E-state index is -0.693. The van der Waals surface area contributed by atoms with Crippen LogP contribution in [0.25, 0.3) is 0 Å². The van der Waals surface area contributed by atoms with E-state index in [9.17, 15) is 9.50 Å². The molecule has 0 aliphatic rings. The van der Waals surface area contributed by atoms with E-state index in [0.29, 0.717) is 0 Å². The highest BCUT2D eigenvalue weighted by Gasteiger charge is 2.14. The third-order valence-corrected chi connectivity index (χ3v) is 3.48. The molecule has 0 amide bonds. The molecule has 1 N–H and O–H groups in total. The zero-order valence-electron chi connectivity index (χ0n) is 11.4. The highest BCUT2D eigenvalue weighted by atomic mass is 19.1. The fourth-order valence-electron chi connectivity index (χ4n) is 2.27. The monoisotopic (exact) mass is 258 g/mol. The van der Waals surface area contributed by atoms with Gasteiger partial charge in [-0.3, -0.25) is 0 Å². The molecule has 2 heteroatoms. The summed E-state index contributed by atoms with van der Waals surface area (Å²) < 4.78 is 12.9. The quantitative estimate of drug-likeness (QED) is 0.877. The fourth-order valence-corrected chi connectivity index (χ4v) is 2.27. The summed E-state index contributed by atoms with van der Waals surface area (Å²) >= 11 is 0. The first-order valence-electron chi connectivity index (χ1n) is 6.71. The zero-order valence-corrected chi connectivity index (χ0v) is 11.4. The van der Waals surface area contributed by atoms with Crippen molar-refractivity contribution in [2.75, 3.05) is 0 Å². The molecular formula is C17H19FO. The standard InChI is InChI=1S/C17H19FO/c1-3-12-5-6-13(4-2)16(11-12)17(19)14-7-9-15(18)10-8-14/h5-11,17,19H,3-4H2,1-2H3. The van der Waals surface area contributed by atoms with Crippen LogP contribution in [0, 0.1) is 5.82 Å². The molecule has 0 aromatic heterocycles. The van der Waals surface area contributed by atoms with E-state index in [1.54, 1.807) is 12.1 Å². The molecule has 1 atom stereocenters. The van der Waals surface area contributed by atoms with Gasteiger partial charge in [-0.15, -0.1) is 0 Å². The topological polar surface area (TPSA) is 20.2 Å². The van der Waals surface area contributed by atoms with Crippen molar-refractivity contribution in [2.24, 2.45) is 0 Å². The van der Waals surface area contributed by atoms with Crippen LogP contribution in [-0.4, -0.2) is 5.11 Å². The van der Waals surface area contributed by atoms with E-state index in [1.807, 2.05) is 6.07 Å². The molecule has 100 valence electrons. The van der Waals surface area contributed by atoms with E-state index < -0.39 is 6.10 Å². The van der Waals surface area contributed by atoms with Crippen molar-refractivity contribution in [2.45, 2.75) is 32.8 Å². The van der Waals surface area contributed by atoms with Crippen LogP contribution >= 0.6 is 0 Å². The molecule has 0 bridgehead atoms. The lowest BCUT2D eigenvalue weighted by Crippen LogP contribution is -2.04. The van der Waals surface area contributed by atoms with Crippen LogP contribution in [0.3, 0.4) is 0 Å². The number of halogens is 1. The number of aliphatic hydroxyl groups is 1. The van der Waals surface area contributed by atoms with Crippen molar-refractivity contribution in [1.82, 2.24) is 0 Å². The highest BCUT2D eigenvalue weighted by molar-refractivity contribution is 5.38. The Morgan fingerprint density at radius 1 is 1.00 bits per heavy atom. The molecule has 19 heavy (non-hydrogen) atoms. The summed E-state index contributed by atoms with van der Waals surface area (Å²) in [5, 5.41) is 10.5. The van der Waals surface area contributed by atoms with Gasteiger partial charge in [0, 0.05) is 0 Å². The Hall–Kier alpha value is -1.67. The summed E-state index contributed by atoms with van der Waals surface area (Å²) in [6, 6.07) is 12.3. The van der Waals surface area contributed by atoms with E-state index in [4.69, 9.17) is 0 Å². The van der Waals surface area contributed by atoms with E-state index in [0.717, 1.165) is 29.5 Å². The summed E-state index contributed by atoms with van der Waals surface area (Å²) in [6.45, 7) is 4.16. The molecule has 0 fully saturated rings. The third-order valence-electron chi connectivity index (χ3n) is 3.48. The molecule has 0 heterocycles. The molecule has 0 aliphatic heterocycles. The molecule has 0 spiro atoms. The number of rotatable bonds is 4. The van der Waals surface area contributed by atoms with Gasteiger partial charge in [0.25, 0.3) is 0 Å². The predicted octanol–water partition coefficient (Wildman–Crippen LogP) is 4.03. The molecular weight excluding hydrogens is 239 g/mol. The van der Waals surface area contributed by atoms with Gasteiger partial charge < -0.3 is 5.11 Å². The zero-order chi connectivity index (χ0) is 13.8. The number of aliphatic hydroxyl groups excluding tert-OH is 1. The number of hydrogen-bond acceptors (Lipinski definition) is 1. The van der Waals surface area contributed by atoms with Gasteiger partial charge >= 0.3 is 0 Å². The lowest BCUT2D eigenvalue weighted by Gasteiger charge is -2.16. The van der Waals surface area contributed by atoms with Crippen LogP contribution in [0.4, 0.5) is 4.39 Å². The van der Waals surface area contributed by atoms with E-state index >= 15 is 0 Å². The van der Waals surface area contributed by atoms with E-state index in [2.05, 4.69) is 26.0 Å². The van der Waals surface area contributed by atoms with Crippen molar-refractivity contribution in [3.8, 4) is 0 Å². The van der Waals surface area contributed by atoms with E-state index in [1.165, 1.54) is 17.7 Å². The van der Waals surface area contributed by atoms with Crippen LogP contribution in [0.2, 0.25) is 0 Å². The minimum Gasteiger partial charge on any atom is -0.384 e. The summed E-state index contributed by atoms with van der Waals surface area (Å²) in [6.07, 6.45) is 1.12. The second kappa shape index (κ2) is 5.98. The molecule has 0 radical (unpaired) electrons. The Bertz CT molecular complexity index is 546. The fraction of sp³-hybridized carbons (Fsp3) is 0.294. The van der Waals surface area contributed by atoms with Gasteiger partial charge in [0.1, 0.15) is 11.9 Å². The Kier molecular flexibility index (Phi) is 4.33. The maximum absolute atomic E-state index is 12.9. The summed E-state index contributed by atoms with van der Waals surface area (Å²) in [5.74, 6) is -0.283. The van der Waals surface area contributed by atoms with Crippen molar-refractivity contribution in [3.63, 3.8) is 0 Å². The number of aryl methyl sites for hydroxylation is 2. The first-order valence-corrected chi connectivity index (χ1v) is 6.71. The predicted molar refractivity (Wildman–Crippen MR) is 75.7 cm³/mol. The van der Waals surface area contributed by atoms with Crippen LogP contribution < -0.4 is 0 Å². The van der Waals surface area contributed by atoms with Gasteiger partial charge in [0.15, 0.2) is 0 Å². The van der Waals surface area contributed by atoms with Gasteiger partial charge in [0.05, 0.1) is 0 Å². The minimum absolute atomic E-state index is 0.283. The van der Waals surface area contributed by atoms with Crippen molar-refractivity contribution >= 4 is 0 Å². The van der Waals surface area contributed by atoms with Crippen molar-refractivity contribution < 1.29 is 9.50 Å². The average molecular weight is 258 g/mol. The average Bonchev–Trinajstić information content (AvgIpc) is 2.46. The van der Waals surface area contributed by atoms with Gasteiger partial charge in [-0.25, -0.2) is 4.39 Å². The molecule has 2 aromatic carbocycles. The molecule has 1 nitrogen and oxygen atoms in total. The Balaban J connectivity index is 2.41. The van der Waals surface area contributed by atoms with Gasteiger partial charge in [0.2, 0.25) is 0 Å². The normalized spacial score (nSPS) is 12.4. The summed E-state index contributed by atoms with van der Waals surface area (Å²) in [4.78, 5) is 0. The number of hydrogen-bond donors (Lipinski definition) is 1. The van der Waals surface area contributed by atoms with Gasteiger partial charge in [-0.2, -0.15) is 0 Å². The molecule has 1 unspecified atom stereocenters. The van der Waals surface area contributed by atoms with Crippen molar-refractivity contribution in [1.29, 1.82) is 0 Å². The third kappa shape index (κ3) is 3.02. The first-order chi connectivity index (χ1) is 9.15. The van der Waals surface area contributed by atoms with E-state index in [-0.39, 0.29) is 5.82 Å². The Morgan fingerprint density at radius 2 is 1.68 bits per heavy atom. The molecule has 0 aliphatic carbocycles. The lowest BCUT2D eigenvalue weighted by molar-refractivity contribution is 0.219. The maximum Gasteiger partial charge on any atom is 0.123 e. The van der Waals surface area contributed by atoms with Gasteiger partial charge in [-0.1, -0.05) is 44.2 Å². The van der Waals surface area contributed by atoms with Crippen LogP contribution in [-0.2, 0) is 12.8 Å². The molecule has 0 saturated carbocycles. The Morgan fingerprint density at radius 3 is 2.26 bits per heavy atom. The van der Waals surface area contributed by atoms with Crippen LogP contribution in [0.1, 0.15) is 42.2 Å². The maximum atomic E-state index is 12.9. The molecule has 2 aromatic rings. The summed E-state index contributed by atoms with van der Waals surface area (Å²) in [5.41, 5.74) is 3.99. The first kappa shape index (κ1) is 13.8. The second-order valence-electron chi connectivity index (χ2n) is 4.69. The smallest absolute Gasteiger partial charge is 0.123 e. The van der Waals surface area contributed by atoms with Gasteiger partial charge in [-0.05, 0) is 47.2 Å². The van der Waals surface area contributed by atoms with Crippen LogP contribution in [0.15, 0.2) is 42.5 Å². The molecule has 0 saturated heterocycles. The lowest BCUT2D eigenvalue weighted by atomic mass is 9.93. The SMILES string of the molecule is CCc1ccc(CC)c(C(O)c2ccc(F)cc2)c1. The largest absolute Gasteiger partial charge is 0.384 e. The summed E-state index contributed by atoms with van der Waals surface area (Å²) in [7, 11) is 0. The van der Waals surface area contributed by atoms with Crippen molar-refractivity contribution in [3.05, 3.63) is 70.5 Å². The Labute approximate surface area is 113 Å². The highest BCUT2D eigenvalue weighted by Crippen LogP contribution is 2.27.